The molecule has 1 amide bonds. The van der Waals surface area contributed by atoms with Crippen LogP contribution >= 0.6 is 0 Å². The van der Waals surface area contributed by atoms with Gasteiger partial charge in [-0.25, -0.2) is 4.98 Å². The van der Waals surface area contributed by atoms with Crippen LogP contribution in [0.25, 0.3) is 11.0 Å². The number of anilines is 1. The van der Waals surface area contributed by atoms with Crippen LogP contribution in [0.2, 0.25) is 0 Å². The summed E-state index contributed by atoms with van der Waals surface area (Å²) in [7, 11) is 0. The van der Waals surface area contributed by atoms with E-state index < -0.39 is 6.10 Å². The van der Waals surface area contributed by atoms with Crippen LogP contribution in [0.1, 0.15) is 5.56 Å². The third-order valence-corrected chi connectivity index (χ3v) is 3.65. The number of rotatable bonds is 2. The van der Waals surface area contributed by atoms with Crippen molar-refractivity contribution in [3.63, 3.8) is 0 Å². The summed E-state index contributed by atoms with van der Waals surface area (Å²) >= 11 is 0. The molecule has 0 aliphatic carbocycles. The number of hydrogen-bond donors (Lipinski definition) is 2. The smallest absolute Gasteiger partial charge is 0.265 e. The van der Waals surface area contributed by atoms with Crippen LogP contribution in [0.4, 0.5) is 5.69 Å². The summed E-state index contributed by atoms with van der Waals surface area (Å²) in [6.45, 7) is 0. The van der Waals surface area contributed by atoms with Gasteiger partial charge in [0.2, 0.25) is 0 Å². The summed E-state index contributed by atoms with van der Waals surface area (Å²) in [5.74, 6) is 0.636. The number of aromatic amines is 1. The largest absolute Gasteiger partial charge is 0.480 e. The molecule has 2 heterocycles. The first-order valence-corrected chi connectivity index (χ1v) is 6.79. The predicted octanol–water partition coefficient (Wildman–Crippen LogP) is 2.51. The number of benzene rings is 2. The van der Waals surface area contributed by atoms with Gasteiger partial charge in [-0.05, 0) is 23.8 Å². The van der Waals surface area contributed by atoms with E-state index in [9.17, 15) is 4.79 Å². The first kappa shape index (κ1) is 12.0. The lowest BCUT2D eigenvalue weighted by molar-refractivity contribution is -0.122. The second-order valence-electron chi connectivity index (χ2n) is 5.01. The molecule has 1 unspecified atom stereocenters. The summed E-state index contributed by atoms with van der Waals surface area (Å²) in [6.07, 6.45) is 1.72. The van der Waals surface area contributed by atoms with Crippen molar-refractivity contribution < 1.29 is 9.53 Å². The molecule has 0 saturated heterocycles. The van der Waals surface area contributed by atoms with E-state index in [2.05, 4.69) is 15.3 Å². The first-order valence-electron chi connectivity index (χ1n) is 6.79. The molecule has 0 radical (unpaired) electrons. The van der Waals surface area contributed by atoms with Gasteiger partial charge in [-0.3, -0.25) is 4.79 Å². The van der Waals surface area contributed by atoms with E-state index in [-0.39, 0.29) is 5.91 Å². The molecule has 5 heteroatoms. The summed E-state index contributed by atoms with van der Waals surface area (Å²) in [5.41, 5.74) is 3.40. The van der Waals surface area contributed by atoms with Crippen molar-refractivity contribution in [3.8, 4) is 5.75 Å². The summed E-state index contributed by atoms with van der Waals surface area (Å²) in [6, 6.07) is 13.4. The van der Waals surface area contributed by atoms with E-state index >= 15 is 0 Å². The standard InChI is InChI=1S/C16H13N3O2/c20-16(14-8-10-4-1-2-7-13(10)21-14)19-12-6-3-5-11-15(12)18-9-17-11/h1-7,9,14H,8H2,(H,17,18)(H,19,20). The Kier molecular flexibility index (Phi) is 2.64. The van der Waals surface area contributed by atoms with Gasteiger partial charge in [0, 0.05) is 6.42 Å². The molecule has 0 spiro atoms. The number of ether oxygens (including phenoxy) is 1. The van der Waals surface area contributed by atoms with E-state index in [1.807, 2.05) is 42.5 Å². The number of fused-ring (bicyclic) bond motifs is 2. The Morgan fingerprint density at radius 3 is 3.05 bits per heavy atom. The number of para-hydroxylation sites is 2. The molecule has 104 valence electrons. The van der Waals surface area contributed by atoms with Gasteiger partial charge in [-0.2, -0.15) is 0 Å². The fourth-order valence-electron chi connectivity index (χ4n) is 2.61. The van der Waals surface area contributed by atoms with E-state index in [0.717, 1.165) is 22.3 Å². The van der Waals surface area contributed by atoms with Crippen molar-refractivity contribution in [2.24, 2.45) is 0 Å². The Labute approximate surface area is 121 Å². The van der Waals surface area contributed by atoms with Gasteiger partial charge in [-0.1, -0.05) is 24.3 Å². The molecule has 0 bridgehead atoms. The number of H-pyrrole nitrogens is 1. The zero-order valence-corrected chi connectivity index (χ0v) is 11.2. The third-order valence-electron chi connectivity index (χ3n) is 3.65. The molecular weight excluding hydrogens is 266 g/mol. The van der Waals surface area contributed by atoms with Gasteiger partial charge in [0.25, 0.3) is 5.91 Å². The predicted molar refractivity (Wildman–Crippen MR) is 79.3 cm³/mol. The second-order valence-corrected chi connectivity index (χ2v) is 5.01. The molecule has 1 aliphatic rings. The maximum Gasteiger partial charge on any atom is 0.265 e. The van der Waals surface area contributed by atoms with Crippen molar-refractivity contribution in [3.05, 3.63) is 54.4 Å². The Morgan fingerprint density at radius 1 is 1.24 bits per heavy atom. The number of nitrogens with one attached hydrogen (secondary N) is 2. The molecule has 5 nitrogen and oxygen atoms in total. The fourth-order valence-corrected chi connectivity index (χ4v) is 2.61. The van der Waals surface area contributed by atoms with Gasteiger partial charge in [0.05, 0.1) is 17.5 Å². The average molecular weight is 279 g/mol. The highest BCUT2D eigenvalue weighted by atomic mass is 16.5. The molecule has 1 aliphatic heterocycles. The Morgan fingerprint density at radius 2 is 2.14 bits per heavy atom. The minimum absolute atomic E-state index is 0.151. The zero-order valence-electron chi connectivity index (χ0n) is 11.2. The molecule has 0 saturated carbocycles. The second kappa shape index (κ2) is 4.63. The Bertz CT molecular complexity index is 800. The zero-order chi connectivity index (χ0) is 14.2. The van der Waals surface area contributed by atoms with Crippen molar-refractivity contribution in [1.29, 1.82) is 0 Å². The lowest BCUT2D eigenvalue weighted by Gasteiger charge is -2.11. The van der Waals surface area contributed by atoms with Crippen molar-refractivity contribution >= 4 is 22.6 Å². The van der Waals surface area contributed by atoms with E-state index in [1.54, 1.807) is 6.33 Å². The molecule has 21 heavy (non-hydrogen) atoms. The molecule has 2 N–H and O–H groups in total. The average Bonchev–Trinajstić information content (AvgIpc) is 3.14. The quantitative estimate of drug-likeness (QED) is 0.757. The van der Waals surface area contributed by atoms with Crippen LogP contribution in [-0.4, -0.2) is 22.0 Å². The minimum Gasteiger partial charge on any atom is -0.480 e. The highest BCUT2D eigenvalue weighted by Crippen LogP contribution is 2.29. The molecule has 2 aromatic carbocycles. The number of hydrogen-bond acceptors (Lipinski definition) is 3. The summed E-state index contributed by atoms with van der Waals surface area (Å²) in [4.78, 5) is 19.6. The number of nitrogens with zero attached hydrogens (tertiary/aromatic N) is 1. The number of amides is 1. The van der Waals surface area contributed by atoms with Gasteiger partial charge >= 0.3 is 0 Å². The Balaban J connectivity index is 1.56. The van der Waals surface area contributed by atoms with Crippen LogP contribution in [0, 0.1) is 0 Å². The molecule has 0 fully saturated rings. The van der Waals surface area contributed by atoms with Crippen LogP contribution in [0.15, 0.2) is 48.8 Å². The minimum atomic E-state index is -0.489. The van der Waals surface area contributed by atoms with Crippen molar-refractivity contribution in [2.45, 2.75) is 12.5 Å². The fraction of sp³-hybridized carbons (Fsp3) is 0.125. The molecule has 1 aromatic heterocycles. The van der Waals surface area contributed by atoms with Crippen LogP contribution in [0.3, 0.4) is 0 Å². The Hall–Kier alpha value is -2.82. The molecular formula is C16H13N3O2. The number of imidazole rings is 1. The van der Waals surface area contributed by atoms with Crippen molar-refractivity contribution in [2.75, 3.05) is 5.32 Å². The van der Waals surface area contributed by atoms with Crippen LogP contribution < -0.4 is 10.1 Å². The van der Waals surface area contributed by atoms with Gasteiger partial charge < -0.3 is 15.0 Å². The monoisotopic (exact) mass is 279 g/mol. The molecule has 1 atom stereocenters. The normalized spacial score (nSPS) is 16.5. The lowest BCUT2D eigenvalue weighted by Crippen LogP contribution is -2.31. The van der Waals surface area contributed by atoms with E-state index in [0.29, 0.717) is 12.1 Å². The molecule has 4 rings (SSSR count). The van der Waals surface area contributed by atoms with Crippen LogP contribution in [-0.2, 0) is 11.2 Å². The first-order chi connectivity index (χ1) is 10.3. The lowest BCUT2D eigenvalue weighted by atomic mass is 10.1. The SMILES string of the molecule is O=C(Nc1cccc2[nH]cnc12)C1Cc2ccccc2O1. The highest BCUT2D eigenvalue weighted by molar-refractivity contribution is 6.01. The highest BCUT2D eigenvalue weighted by Gasteiger charge is 2.29. The number of carbonyl (C=O) groups is 1. The van der Waals surface area contributed by atoms with Gasteiger partial charge in [0.15, 0.2) is 6.10 Å². The maximum atomic E-state index is 12.4. The number of carbonyl (C=O) groups excluding carboxylic acids is 1. The summed E-state index contributed by atoms with van der Waals surface area (Å²) < 4.78 is 5.69. The summed E-state index contributed by atoms with van der Waals surface area (Å²) in [5, 5.41) is 2.90. The van der Waals surface area contributed by atoms with E-state index in [4.69, 9.17) is 4.74 Å². The molecule has 3 aromatic rings. The van der Waals surface area contributed by atoms with Gasteiger partial charge in [-0.15, -0.1) is 0 Å². The van der Waals surface area contributed by atoms with Crippen LogP contribution in [0.5, 0.6) is 5.75 Å². The van der Waals surface area contributed by atoms with Gasteiger partial charge in [0.1, 0.15) is 11.3 Å². The third kappa shape index (κ3) is 2.03. The maximum absolute atomic E-state index is 12.4. The number of aromatic nitrogens is 2. The van der Waals surface area contributed by atoms with E-state index in [1.165, 1.54) is 0 Å². The topological polar surface area (TPSA) is 67.0 Å². The van der Waals surface area contributed by atoms with Crippen molar-refractivity contribution in [1.82, 2.24) is 9.97 Å².